The van der Waals surface area contributed by atoms with Crippen molar-refractivity contribution in [2.75, 3.05) is 0 Å². The molecule has 2 aliphatic carbocycles. The van der Waals surface area contributed by atoms with Crippen molar-refractivity contribution in [3.8, 4) is 0 Å². The fourth-order valence-corrected chi connectivity index (χ4v) is 10.4. The van der Waals surface area contributed by atoms with E-state index in [1.165, 1.54) is 45.7 Å². The molecule has 10 rings (SSSR count). The molecule has 23 heteroatoms. The number of carbonyl (C=O) groups excluding carboxylic acids is 6. The van der Waals surface area contributed by atoms with Gasteiger partial charge in [0.15, 0.2) is 34.6 Å². The average molecular weight is 1250 g/mol. The first kappa shape index (κ1) is 59.0. The summed E-state index contributed by atoms with van der Waals surface area (Å²) in [6, 6.07) is 17.4. The van der Waals surface area contributed by atoms with E-state index in [1.54, 1.807) is 18.2 Å². The summed E-state index contributed by atoms with van der Waals surface area (Å²) in [6.45, 7) is 14.5. The Hall–Kier alpha value is -8.61. The summed E-state index contributed by atoms with van der Waals surface area (Å²) < 4.78 is 68.0. The summed E-state index contributed by atoms with van der Waals surface area (Å²) in [5, 5.41) is 19.8. The minimum Gasteiger partial charge on any atom is -0.456 e. The summed E-state index contributed by atoms with van der Waals surface area (Å²) in [4.78, 5) is 87.0. The van der Waals surface area contributed by atoms with Crippen molar-refractivity contribution in [3.05, 3.63) is 197 Å². The molecule has 0 saturated carbocycles. The van der Waals surface area contributed by atoms with Crippen molar-refractivity contribution in [2.24, 2.45) is 0 Å². The van der Waals surface area contributed by atoms with Crippen LogP contribution in [0.4, 0.5) is 17.6 Å². The third-order valence-corrected chi connectivity index (χ3v) is 14.6. The Labute approximate surface area is 487 Å². The molecule has 4 amide bonds. The van der Waals surface area contributed by atoms with E-state index in [0.29, 0.717) is 62.8 Å². The van der Waals surface area contributed by atoms with Crippen LogP contribution in [0.25, 0.3) is 11.3 Å². The largest absolute Gasteiger partial charge is 0.456 e. The second kappa shape index (κ2) is 23.7. The quantitative estimate of drug-likeness (QED) is 0.0509. The predicted octanol–water partition coefficient (Wildman–Crippen LogP) is 9.84. The first-order valence-electron chi connectivity index (χ1n) is 26.4. The number of amides is 4. The third-order valence-electron chi connectivity index (χ3n) is 13.8. The average Bonchev–Trinajstić information content (AvgIpc) is 4.48. The highest BCUT2D eigenvalue weighted by Gasteiger charge is 2.33. The molecule has 430 valence electrons. The Morgan fingerprint density at radius 3 is 1.49 bits per heavy atom. The molecule has 8 aromatic rings. The molecule has 0 unspecified atom stereocenters. The SMILES string of the molecule is Cc1c(C(=O)OC(C)(C)C)ccc2c1CC[C@@H]2NC(=O)c1cc(C(=O)NCc2ccc(F)c(F)c2)nc2c(I)cnn12.Cc1c(C(=O)OC(C)(C)C)ccc2c1CC[C@@H]2NC(=O)c1cc(C(=O)NCc2ccc(F)c(F)c2)nc2ccnn12. The fraction of sp³-hybridized carbons (Fsp3) is 0.300. The Morgan fingerprint density at radius 1 is 0.578 bits per heavy atom. The minimum atomic E-state index is -1.01. The van der Waals surface area contributed by atoms with Gasteiger partial charge in [0.25, 0.3) is 23.6 Å². The molecule has 0 bridgehead atoms. The normalized spacial score (nSPS) is 14.5. The fourth-order valence-electron chi connectivity index (χ4n) is 9.88. The van der Waals surface area contributed by atoms with Gasteiger partial charge in [-0.05, 0) is 185 Å². The lowest BCUT2D eigenvalue weighted by atomic mass is 9.97. The van der Waals surface area contributed by atoms with E-state index in [1.807, 2.05) is 90.1 Å². The van der Waals surface area contributed by atoms with Gasteiger partial charge in [0, 0.05) is 31.3 Å². The zero-order valence-electron chi connectivity index (χ0n) is 46.4. The summed E-state index contributed by atoms with van der Waals surface area (Å²) in [7, 11) is 0. The van der Waals surface area contributed by atoms with E-state index < -0.39 is 70.0 Å². The van der Waals surface area contributed by atoms with Gasteiger partial charge in [0.1, 0.15) is 34.0 Å². The Balaban J connectivity index is 0.000000200. The van der Waals surface area contributed by atoms with Crippen molar-refractivity contribution >= 4 is 69.5 Å². The van der Waals surface area contributed by atoms with Crippen molar-refractivity contribution in [1.82, 2.24) is 50.5 Å². The van der Waals surface area contributed by atoms with Gasteiger partial charge >= 0.3 is 11.9 Å². The van der Waals surface area contributed by atoms with Gasteiger partial charge in [-0.25, -0.2) is 46.1 Å². The van der Waals surface area contributed by atoms with Crippen LogP contribution >= 0.6 is 22.6 Å². The van der Waals surface area contributed by atoms with E-state index in [4.69, 9.17) is 9.47 Å². The van der Waals surface area contributed by atoms with E-state index in [-0.39, 0.29) is 47.9 Å². The van der Waals surface area contributed by atoms with Crippen LogP contribution in [-0.2, 0) is 35.4 Å². The van der Waals surface area contributed by atoms with E-state index in [0.717, 1.165) is 57.6 Å². The van der Waals surface area contributed by atoms with E-state index >= 15 is 0 Å². The number of rotatable bonds is 12. The number of hydrogen-bond acceptors (Lipinski definition) is 12. The molecular formula is C60H57F4IN10O8. The van der Waals surface area contributed by atoms with Gasteiger partial charge in [0.05, 0.1) is 39.2 Å². The molecule has 0 fully saturated rings. The molecule has 0 radical (unpaired) electrons. The number of benzene rings is 4. The van der Waals surface area contributed by atoms with Crippen LogP contribution in [0.5, 0.6) is 0 Å². The van der Waals surface area contributed by atoms with Gasteiger partial charge in [-0.1, -0.05) is 24.3 Å². The Bertz CT molecular complexity index is 3950. The number of nitrogens with one attached hydrogen (secondary N) is 4. The first-order valence-corrected chi connectivity index (χ1v) is 27.5. The second-order valence-electron chi connectivity index (χ2n) is 22.0. The second-order valence-corrected chi connectivity index (χ2v) is 23.2. The third kappa shape index (κ3) is 13.2. The number of aromatic nitrogens is 6. The highest BCUT2D eigenvalue weighted by molar-refractivity contribution is 14.1. The lowest BCUT2D eigenvalue weighted by Crippen LogP contribution is -2.31. The number of carbonyl (C=O) groups is 6. The van der Waals surface area contributed by atoms with E-state index in [2.05, 4.69) is 41.4 Å². The summed E-state index contributed by atoms with van der Waals surface area (Å²) in [5.41, 5.74) is 6.73. The number of nitrogens with zero attached hydrogens (tertiary/aromatic N) is 6. The minimum absolute atomic E-state index is 0.0293. The lowest BCUT2D eigenvalue weighted by molar-refractivity contribution is 0.00559. The maximum absolute atomic E-state index is 13.6. The molecule has 0 saturated heterocycles. The molecule has 0 spiro atoms. The summed E-state index contributed by atoms with van der Waals surface area (Å²) in [5.74, 6) is -6.87. The number of fused-ring (bicyclic) bond motifs is 4. The number of halogens is 5. The zero-order valence-corrected chi connectivity index (χ0v) is 48.6. The molecule has 4 N–H and O–H groups in total. The van der Waals surface area contributed by atoms with Gasteiger partial charge in [0.2, 0.25) is 0 Å². The Kier molecular flexibility index (Phi) is 16.9. The van der Waals surface area contributed by atoms with Crippen LogP contribution in [0.3, 0.4) is 0 Å². The molecule has 2 atom stereocenters. The van der Waals surface area contributed by atoms with Crippen LogP contribution in [0.15, 0.2) is 91.3 Å². The summed E-state index contributed by atoms with van der Waals surface area (Å²) in [6.07, 6.45) is 5.62. The first-order chi connectivity index (χ1) is 39.2. The zero-order chi connectivity index (χ0) is 59.8. The molecule has 2 aliphatic rings. The summed E-state index contributed by atoms with van der Waals surface area (Å²) >= 11 is 2.02. The smallest absolute Gasteiger partial charge is 0.338 e. The molecule has 4 aromatic heterocycles. The van der Waals surface area contributed by atoms with Crippen molar-refractivity contribution in [1.29, 1.82) is 0 Å². The van der Waals surface area contributed by atoms with Gasteiger partial charge in [-0.2, -0.15) is 10.2 Å². The predicted molar refractivity (Wildman–Crippen MR) is 303 cm³/mol. The van der Waals surface area contributed by atoms with Crippen LogP contribution in [0, 0.1) is 40.7 Å². The van der Waals surface area contributed by atoms with Crippen LogP contribution in [-0.4, -0.2) is 76.0 Å². The van der Waals surface area contributed by atoms with Crippen molar-refractivity contribution in [2.45, 2.75) is 117 Å². The molecule has 0 aliphatic heterocycles. The van der Waals surface area contributed by atoms with Crippen LogP contribution in [0.2, 0.25) is 0 Å². The van der Waals surface area contributed by atoms with Gasteiger partial charge in [-0.3, -0.25) is 19.2 Å². The van der Waals surface area contributed by atoms with Crippen LogP contribution < -0.4 is 21.3 Å². The molecule has 83 heavy (non-hydrogen) atoms. The standard InChI is InChI=1S/C30H28F2IN5O4.C30H29F2N5O4/c1-15-17-8-10-23(19(17)7-6-18(15)29(41)42-30(2,3)4)37-28(40)25-12-24(36-26-22(33)14-35-38(25)26)27(39)34-13-16-5-9-20(31)21(32)11-16;1-16-18-8-10-23(20(18)7-6-19(16)29(40)41-30(2,3)4)36-28(39)25-14-24(35-26-11-12-34-37(25)26)27(38)33-15-17-5-9-21(31)22(32)13-17/h5-7,9,11-12,14,23H,8,10,13H2,1-4H3,(H,34,39)(H,37,40);5-7,9,11-14,23H,8,10,15H2,1-4H3,(H,33,38)(H,36,39)/t2*23-/m00/s1. The highest BCUT2D eigenvalue weighted by Crippen LogP contribution is 2.37. The molecular weight excluding hydrogens is 1190 g/mol. The van der Waals surface area contributed by atoms with Crippen LogP contribution in [0.1, 0.15) is 174 Å². The van der Waals surface area contributed by atoms with Gasteiger partial charge in [-0.15, -0.1) is 0 Å². The van der Waals surface area contributed by atoms with E-state index in [9.17, 15) is 46.3 Å². The molecule has 18 nitrogen and oxygen atoms in total. The maximum Gasteiger partial charge on any atom is 0.338 e. The Morgan fingerprint density at radius 2 is 1.04 bits per heavy atom. The lowest BCUT2D eigenvalue weighted by Gasteiger charge is -2.21. The highest BCUT2D eigenvalue weighted by atomic mass is 127. The molecule has 4 aromatic carbocycles. The number of esters is 2. The maximum atomic E-state index is 13.6. The number of hydrogen-bond donors (Lipinski definition) is 4. The topological polar surface area (TPSA) is 229 Å². The molecule has 4 heterocycles. The van der Waals surface area contributed by atoms with Crippen molar-refractivity contribution < 1.29 is 55.8 Å². The number of ether oxygens (including phenoxy) is 2. The van der Waals surface area contributed by atoms with Gasteiger partial charge < -0.3 is 30.7 Å². The van der Waals surface area contributed by atoms with Crippen molar-refractivity contribution in [3.63, 3.8) is 0 Å². The monoisotopic (exact) mass is 1250 g/mol.